The molecule has 2 amide bonds. The molecule has 0 heterocycles. The van der Waals surface area contributed by atoms with Crippen molar-refractivity contribution in [3.8, 4) is 5.75 Å². The van der Waals surface area contributed by atoms with Crippen molar-refractivity contribution in [2.75, 3.05) is 25.0 Å². The minimum absolute atomic E-state index is 0.00654. The number of esters is 1. The fraction of sp³-hybridized carbons (Fsp3) is 0.286. The van der Waals surface area contributed by atoms with Crippen LogP contribution in [-0.2, 0) is 9.53 Å². The number of hydrogen-bond acceptors (Lipinski definition) is 5. The van der Waals surface area contributed by atoms with Crippen LogP contribution in [0.4, 0.5) is 5.69 Å². The third kappa shape index (κ3) is 5.33. The molecule has 28 heavy (non-hydrogen) atoms. The zero-order valence-corrected chi connectivity index (χ0v) is 16.2. The molecular weight excluding hydrogens is 360 g/mol. The van der Waals surface area contributed by atoms with Gasteiger partial charge in [-0.3, -0.25) is 9.59 Å². The van der Waals surface area contributed by atoms with Crippen LogP contribution in [0.5, 0.6) is 5.75 Å². The standard InChI is InChI=1S/C21H24N2O5/c1-4-23(5-2)20(26)15-7-9-16(10-8-15)22-19(25)13-28-21(27)17-12-14(3)6-11-18(17)24/h6-12,24H,4-5,13H2,1-3H3,(H,22,25). The predicted octanol–water partition coefficient (Wildman–Crippen LogP) is 2.98. The van der Waals surface area contributed by atoms with E-state index in [1.807, 2.05) is 13.8 Å². The first kappa shape index (κ1) is 21.0. The van der Waals surface area contributed by atoms with Crippen LogP contribution in [0.25, 0.3) is 0 Å². The molecule has 0 aromatic heterocycles. The van der Waals surface area contributed by atoms with Gasteiger partial charge >= 0.3 is 5.97 Å². The molecule has 0 atom stereocenters. The number of nitrogens with zero attached hydrogens (tertiary/aromatic N) is 1. The van der Waals surface area contributed by atoms with Crippen molar-refractivity contribution in [2.24, 2.45) is 0 Å². The maximum atomic E-state index is 12.3. The first-order chi connectivity index (χ1) is 13.3. The minimum Gasteiger partial charge on any atom is -0.507 e. The van der Waals surface area contributed by atoms with E-state index in [2.05, 4.69) is 5.32 Å². The second-order valence-corrected chi connectivity index (χ2v) is 6.20. The molecule has 2 aromatic carbocycles. The summed E-state index contributed by atoms with van der Waals surface area (Å²) in [6, 6.07) is 11.0. The fourth-order valence-electron chi connectivity index (χ4n) is 2.61. The molecule has 0 unspecified atom stereocenters. The fourth-order valence-corrected chi connectivity index (χ4v) is 2.61. The lowest BCUT2D eigenvalue weighted by Gasteiger charge is -2.18. The van der Waals surface area contributed by atoms with Crippen LogP contribution in [0.3, 0.4) is 0 Å². The Morgan fingerprint density at radius 2 is 1.68 bits per heavy atom. The highest BCUT2D eigenvalue weighted by atomic mass is 16.5. The number of aromatic hydroxyl groups is 1. The van der Waals surface area contributed by atoms with E-state index in [-0.39, 0.29) is 17.2 Å². The number of anilines is 1. The zero-order chi connectivity index (χ0) is 20.7. The van der Waals surface area contributed by atoms with E-state index in [4.69, 9.17) is 4.74 Å². The number of phenolic OH excluding ortho intramolecular Hbond substituents is 1. The number of aryl methyl sites for hydroxylation is 1. The van der Waals surface area contributed by atoms with Crippen molar-refractivity contribution >= 4 is 23.5 Å². The first-order valence-corrected chi connectivity index (χ1v) is 9.01. The lowest BCUT2D eigenvalue weighted by molar-refractivity contribution is -0.119. The van der Waals surface area contributed by atoms with Gasteiger partial charge in [0.15, 0.2) is 6.61 Å². The Morgan fingerprint density at radius 3 is 2.29 bits per heavy atom. The number of carbonyl (C=O) groups is 3. The van der Waals surface area contributed by atoms with Crippen molar-refractivity contribution in [1.29, 1.82) is 0 Å². The molecule has 2 N–H and O–H groups in total. The molecule has 0 radical (unpaired) electrons. The second kappa shape index (κ2) is 9.55. The normalized spacial score (nSPS) is 10.2. The lowest BCUT2D eigenvalue weighted by atomic mass is 10.1. The van der Waals surface area contributed by atoms with Crippen LogP contribution in [0.2, 0.25) is 0 Å². The van der Waals surface area contributed by atoms with Gasteiger partial charge in [-0.2, -0.15) is 0 Å². The molecule has 0 fully saturated rings. The van der Waals surface area contributed by atoms with Crippen molar-refractivity contribution in [3.63, 3.8) is 0 Å². The average molecular weight is 384 g/mol. The van der Waals surface area contributed by atoms with E-state index < -0.39 is 18.5 Å². The molecule has 0 spiro atoms. The van der Waals surface area contributed by atoms with E-state index in [0.29, 0.717) is 24.3 Å². The molecular formula is C21H24N2O5. The summed E-state index contributed by atoms with van der Waals surface area (Å²) in [6.45, 7) is 6.34. The number of rotatable bonds is 7. The summed E-state index contributed by atoms with van der Waals surface area (Å²) >= 11 is 0. The summed E-state index contributed by atoms with van der Waals surface area (Å²) in [7, 11) is 0. The number of amides is 2. The van der Waals surface area contributed by atoms with Crippen molar-refractivity contribution in [1.82, 2.24) is 4.90 Å². The molecule has 0 saturated heterocycles. The van der Waals surface area contributed by atoms with Gasteiger partial charge in [-0.15, -0.1) is 0 Å². The number of benzene rings is 2. The number of phenols is 1. The number of ether oxygens (including phenoxy) is 1. The first-order valence-electron chi connectivity index (χ1n) is 9.01. The molecule has 0 saturated carbocycles. The van der Waals surface area contributed by atoms with Crippen LogP contribution in [-0.4, -0.2) is 47.5 Å². The molecule has 0 aliphatic rings. The van der Waals surface area contributed by atoms with Crippen LogP contribution < -0.4 is 5.32 Å². The quantitative estimate of drug-likeness (QED) is 0.716. The highest BCUT2D eigenvalue weighted by Crippen LogP contribution is 2.19. The van der Waals surface area contributed by atoms with Crippen molar-refractivity contribution < 1.29 is 24.2 Å². The van der Waals surface area contributed by atoms with Crippen LogP contribution in [0.15, 0.2) is 42.5 Å². The van der Waals surface area contributed by atoms with Crippen molar-refractivity contribution in [3.05, 3.63) is 59.2 Å². The molecule has 7 heteroatoms. The largest absolute Gasteiger partial charge is 0.507 e. The third-order valence-electron chi connectivity index (χ3n) is 4.17. The molecule has 2 rings (SSSR count). The monoisotopic (exact) mass is 384 g/mol. The van der Waals surface area contributed by atoms with E-state index in [1.54, 1.807) is 42.2 Å². The maximum absolute atomic E-state index is 12.3. The molecule has 0 aliphatic heterocycles. The summed E-state index contributed by atoms with van der Waals surface area (Å²) in [5.74, 6) is -1.58. The van der Waals surface area contributed by atoms with Gasteiger partial charge in [-0.1, -0.05) is 11.6 Å². The smallest absolute Gasteiger partial charge is 0.342 e. The van der Waals surface area contributed by atoms with Gasteiger partial charge in [0.05, 0.1) is 0 Å². The van der Waals surface area contributed by atoms with E-state index in [0.717, 1.165) is 5.56 Å². The number of hydrogen-bond donors (Lipinski definition) is 2. The average Bonchev–Trinajstić information content (AvgIpc) is 2.69. The lowest BCUT2D eigenvalue weighted by Crippen LogP contribution is -2.30. The Bertz CT molecular complexity index is 858. The highest BCUT2D eigenvalue weighted by Gasteiger charge is 2.15. The van der Waals surface area contributed by atoms with Crippen molar-refractivity contribution in [2.45, 2.75) is 20.8 Å². The molecule has 2 aromatic rings. The summed E-state index contributed by atoms with van der Waals surface area (Å²) in [5.41, 5.74) is 1.80. The van der Waals surface area contributed by atoms with E-state index >= 15 is 0 Å². The van der Waals surface area contributed by atoms with Crippen LogP contribution in [0.1, 0.15) is 40.1 Å². The minimum atomic E-state index is -0.781. The Labute approximate surface area is 163 Å². The summed E-state index contributed by atoms with van der Waals surface area (Å²) in [4.78, 5) is 38.0. The summed E-state index contributed by atoms with van der Waals surface area (Å²) in [6.07, 6.45) is 0. The Balaban J connectivity index is 1.92. The molecule has 0 bridgehead atoms. The predicted molar refractivity (Wildman–Crippen MR) is 105 cm³/mol. The molecule has 148 valence electrons. The van der Waals surface area contributed by atoms with Gasteiger partial charge in [0, 0.05) is 24.3 Å². The van der Waals surface area contributed by atoms with Gasteiger partial charge in [0.1, 0.15) is 11.3 Å². The second-order valence-electron chi connectivity index (χ2n) is 6.20. The SMILES string of the molecule is CCN(CC)C(=O)c1ccc(NC(=O)COC(=O)c2cc(C)ccc2O)cc1. The van der Waals surface area contributed by atoms with E-state index in [1.165, 1.54) is 12.1 Å². The Morgan fingerprint density at radius 1 is 1.04 bits per heavy atom. The third-order valence-corrected chi connectivity index (χ3v) is 4.17. The van der Waals surface area contributed by atoms with Gasteiger partial charge in [0.2, 0.25) is 0 Å². The topological polar surface area (TPSA) is 95.9 Å². The Kier molecular flexibility index (Phi) is 7.14. The molecule has 7 nitrogen and oxygen atoms in total. The number of nitrogens with one attached hydrogen (secondary N) is 1. The van der Waals surface area contributed by atoms with Gasteiger partial charge in [0.25, 0.3) is 11.8 Å². The van der Waals surface area contributed by atoms with E-state index in [9.17, 15) is 19.5 Å². The number of carbonyl (C=O) groups excluding carboxylic acids is 3. The van der Waals surface area contributed by atoms with Gasteiger partial charge in [-0.05, 0) is 57.2 Å². The molecule has 0 aliphatic carbocycles. The summed E-state index contributed by atoms with van der Waals surface area (Å²) < 4.78 is 4.95. The maximum Gasteiger partial charge on any atom is 0.342 e. The van der Waals surface area contributed by atoms with Gasteiger partial charge < -0.3 is 20.1 Å². The van der Waals surface area contributed by atoms with Crippen LogP contribution >= 0.6 is 0 Å². The van der Waals surface area contributed by atoms with Crippen LogP contribution in [0, 0.1) is 6.92 Å². The highest BCUT2D eigenvalue weighted by molar-refractivity contribution is 5.98. The summed E-state index contributed by atoms with van der Waals surface area (Å²) in [5, 5.41) is 12.3. The Hall–Kier alpha value is -3.35. The van der Waals surface area contributed by atoms with Gasteiger partial charge in [-0.25, -0.2) is 4.79 Å². The zero-order valence-electron chi connectivity index (χ0n) is 16.2.